The lowest BCUT2D eigenvalue weighted by molar-refractivity contribution is 0.285. The molecule has 0 aliphatic carbocycles. The lowest BCUT2D eigenvalue weighted by Crippen LogP contribution is -2.26. The lowest BCUT2D eigenvalue weighted by Gasteiger charge is -2.06. The van der Waals surface area contributed by atoms with Crippen molar-refractivity contribution in [2.75, 3.05) is 6.54 Å². The van der Waals surface area contributed by atoms with Gasteiger partial charge in [0.25, 0.3) is 0 Å². The molecule has 0 saturated carbocycles. The fourth-order valence-electron chi connectivity index (χ4n) is 1.83. The first kappa shape index (κ1) is 15.1. The van der Waals surface area contributed by atoms with E-state index >= 15 is 0 Å². The van der Waals surface area contributed by atoms with Crippen LogP contribution in [0.2, 0.25) is 0 Å². The molecule has 2 rings (SSSR count). The Balaban J connectivity index is 2.02. The van der Waals surface area contributed by atoms with Gasteiger partial charge in [0.05, 0.1) is 11.5 Å². The van der Waals surface area contributed by atoms with Gasteiger partial charge in [-0.05, 0) is 37.1 Å². The molecule has 0 fully saturated rings. The summed E-state index contributed by atoms with van der Waals surface area (Å²) in [6.07, 6.45) is 3.97. The van der Waals surface area contributed by atoms with Gasteiger partial charge in [0.15, 0.2) is 0 Å². The number of aromatic nitrogens is 1. The van der Waals surface area contributed by atoms with Gasteiger partial charge in [-0.25, -0.2) is 13.1 Å². The Morgan fingerprint density at radius 3 is 2.65 bits per heavy atom. The fourth-order valence-corrected chi connectivity index (χ4v) is 4.35. The smallest absolute Gasteiger partial charge is 0.241 e. The number of sulfonamides is 1. The molecular weight excluding hydrogens is 296 g/mol. The number of rotatable bonds is 6. The van der Waals surface area contributed by atoms with Crippen LogP contribution < -0.4 is 4.72 Å². The van der Waals surface area contributed by atoms with Gasteiger partial charge in [-0.2, -0.15) is 0 Å². The molecule has 0 amide bonds. The summed E-state index contributed by atoms with van der Waals surface area (Å²) in [5.74, 6) is 0. The zero-order valence-corrected chi connectivity index (χ0v) is 12.7. The number of aryl methyl sites for hydroxylation is 1. The highest BCUT2D eigenvalue weighted by atomic mass is 32.2. The van der Waals surface area contributed by atoms with Gasteiger partial charge in [0.1, 0.15) is 0 Å². The molecule has 0 unspecified atom stereocenters. The molecule has 20 heavy (non-hydrogen) atoms. The minimum absolute atomic E-state index is 0.141. The molecule has 0 spiro atoms. The van der Waals surface area contributed by atoms with E-state index < -0.39 is 10.0 Å². The van der Waals surface area contributed by atoms with E-state index in [1.807, 2.05) is 12.1 Å². The number of thiophene rings is 1. The Bertz CT molecular complexity index is 666. The van der Waals surface area contributed by atoms with Crippen LogP contribution in [0.5, 0.6) is 0 Å². The summed E-state index contributed by atoms with van der Waals surface area (Å²) in [6.45, 7) is 1.93. The van der Waals surface area contributed by atoms with Gasteiger partial charge in [-0.15, -0.1) is 11.3 Å². The summed E-state index contributed by atoms with van der Waals surface area (Å²) < 4.78 is 26.9. The Labute approximate surface area is 122 Å². The topological polar surface area (TPSA) is 79.3 Å². The highest BCUT2D eigenvalue weighted by Gasteiger charge is 2.19. The average molecular weight is 312 g/mol. The van der Waals surface area contributed by atoms with Crippen molar-refractivity contribution in [2.24, 2.45) is 0 Å². The van der Waals surface area contributed by atoms with Crippen molar-refractivity contribution in [3.05, 3.63) is 45.9 Å². The van der Waals surface area contributed by atoms with Crippen molar-refractivity contribution in [1.29, 1.82) is 0 Å². The number of aliphatic hydroxyl groups excluding tert-OH is 1. The number of pyridine rings is 1. The van der Waals surface area contributed by atoms with Crippen molar-refractivity contribution in [1.82, 2.24) is 9.71 Å². The van der Waals surface area contributed by atoms with Crippen LogP contribution in [0, 0.1) is 6.92 Å². The Morgan fingerprint density at radius 2 is 2.05 bits per heavy atom. The molecule has 108 valence electrons. The molecule has 0 aliphatic rings. The van der Waals surface area contributed by atoms with Crippen LogP contribution in [-0.2, 0) is 23.1 Å². The Morgan fingerprint density at radius 1 is 1.35 bits per heavy atom. The summed E-state index contributed by atoms with van der Waals surface area (Å²) in [4.78, 5) is 5.50. The molecule has 0 atom stereocenters. The molecule has 2 aromatic rings. The van der Waals surface area contributed by atoms with Crippen molar-refractivity contribution < 1.29 is 13.5 Å². The Hall–Kier alpha value is -1.28. The van der Waals surface area contributed by atoms with Gasteiger partial charge in [0.2, 0.25) is 10.0 Å². The molecule has 0 saturated heterocycles. The average Bonchev–Trinajstić information content (AvgIpc) is 2.82. The largest absolute Gasteiger partial charge is 0.391 e. The van der Waals surface area contributed by atoms with E-state index in [2.05, 4.69) is 9.71 Å². The second-order valence-electron chi connectivity index (χ2n) is 4.29. The van der Waals surface area contributed by atoms with E-state index in [0.717, 1.165) is 5.56 Å². The second-order valence-corrected chi connectivity index (χ2v) is 7.37. The number of nitrogens with one attached hydrogen (secondary N) is 1. The SMILES string of the molecule is Cc1sc(CO)cc1S(=O)(=O)NCCc1ccncc1. The van der Waals surface area contributed by atoms with E-state index in [-0.39, 0.29) is 11.5 Å². The van der Waals surface area contributed by atoms with Gasteiger partial charge in [-0.1, -0.05) is 0 Å². The van der Waals surface area contributed by atoms with E-state index in [4.69, 9.17) is 5.11 Å². The van der Waals surface area contributed by atoms with Crippen molar-refractivity contribution >= 4 is 21.4 Å². The second kappa shape index (κ2) is 6.45. The van der Waals surface area contributed by atoms with Crippen LogP contribution >= 0.6 is 11.3 Å². The fraction of sp³-hybridized carbons (Fsp3) is 0.308. The summed E-state index contributed by atoms with van der Waals surface area (Å²) in [5, 5.41) is 9.06. The summed E-state index contributed by atoms with van der Waals surface area (Å²) in [7, 11) is -3.52. The lowest BCUT2D eigenvalue weighted by atomic mass is 10.2. The first-order valence-corrected chi connectivity index (χ1v) is 8.41. The normalized spacial score (nSPS) is 11.7. The number of hydrogen-bond acceptors (Lipinski definition) is 5. The van der Waals surface area contributed by atoms with Crippen molar-refractivity contribution in [3.63, 3.8) is 0 Å². The molecule has 0 bridgehead atoms. The third-order valence-corrected chi connectivity index (χ3v) is 5.58. The van der Waals surface area contributed by atoms with Crippen molar-refractivity contribution in [3.8, 4) is 0 Å². The van der Waals surface area contributed by atoms with Crippen LogP contribution in [0.25, 0.3) is 0 Å². The van der Waals surface area contributed by atoms with Gasteiger partial charge < -0.3 is 5.11 Å². The standard InChI is InChI=1S/C13H16N2O3S2/c1-10-13(8-12(9-16)19-10)20(17,18)15-7-4-11-2-5-14-6-3-11/h2-3,5-6,8,15-16H,4,7,9H2,1H3. The zero-order chi connectivity index (χ0) is 14.6. The summed E-state index contributed by atoms with van der Waals surface area (Å²) in [5.41, 5.74) is 1.03. The van der Waals surface area contributed by atoms with E-state index in [9.17, 15) is 8.42 Å². The van der Waals surface area contributed by atoms with Gasteiger partial charge in [-0.3, -0.25) is 4.98 Å². The first-order valence-electron chi connectivity index (χ1n) is 6.11. The number of aliphatic hydroxyl groups is 1. The van der Waals surface area contributed by atoms with Crippen LogP contribution in [0.3, 0.4) is 0 Å². The predicted molar refractivity (Wildman–Crippen MR) is 78.1 cm³/mol. The number of nitrogens with zero attached hydrogens (tertiary/aromatic N) is 1. The van der Waals surface area contributed by atoms with Crippen LogP contribution in [0.1, 0.15) is 15.3 Å². The maximum Gasteiger partial charge on any atom is 0.241 e. The summed E-state index contributed by atoms with van der Waals surface area (Å²) in [6, 6.07) is 5.23. The molecule has 0 radical (unpaired) electrons. The molecule has 0 aromatic carbocycles. The third-order valence-electron chi connectivity index (χ3n) is 2.82. The summed E-state index contributed by atoms with van der Waals surface area (Å²) >= 11 is 1.29. The van der Waals surface area contributed by atoms with Crippen LogP contribution in [0.4, 0.5) is 0 Å². The zero-order valence-electron chi connectivity index (χ0n) is 11.0. The monoisotopic (exact) mass is 312 g/mol. The maximum atomic E-state index is 12.2. The van der Waals surface area contributed by atoms with E-state index in [0.29, 0.717) is 22.7 Å². The van der Waals surface area contributed by atoms with Crippen molar-refractivity contribution in [2.45, 2.75) is 24.8 Å². The minimum atomic E-state index is -3.52. The van der Waals surface area contributed by atoms with Gasteiger partial charge in [0, 0.05) is 28.7 Å². The number of hydrogen-bond donors (Lipinski definition) is 2. The molecule has 2 aromatic heterocycles. The molecule has 2 heterocycles. The maximum absolute atomic E-state index is 12.2. The molecular formula is C13H16N2O3S2. The first-order chi connectivity index (χ1) is 9.53. The van der Waals surface area contributed by atoms with E-state index in [1.54, 1.807) is 19.3 Å². The molecule has 7 heteroatoms. The third kappa shape index (κ3) is 3.63. The predicted octanol–water partition coefficient (Wildman–Crippen LogP) is 1.46. The molecule has 5 nitrogen and oxygen atoms in total. The quantitative estimate of drug-likeness (QED) is 0.846. The van der Waals surface area contributed by atoms with E-state index in [1.165, 1.54) is 17.4 Å². The molecule has 0 aliphatic heterocycles. The highest BCUT2D eigenvalue weighted by molar-refractivity contribution is 7.89. The van der Waals surface area contributed by atoms with Gasteiger partial charge >= 0.3 is 0 Å². The van der Waals surface area contributed by atoms with Crippen LogP contribution in [0.15, 0.2) is 35.5 Å². The minimum Gasteiger partial charge on any atom is -0.391 e. The highest BCUT2D eigenvalue weighted by Crippen LogP contribution is 2.25. The van der Waals surface area contributed by atoms with Crippen LogP contribution in [-0.4, -0.2) is 25.1 Å². The molecule has 2 N–H and O–H groups in total. The Kier molecular flexibility index (Phi) is 4.87.